The van der Waals surface area contributed by atoms with Gasteiger partial charge in [-0.25, -0.2) is 4.39 Å². The van der Waals surface area contributed by atoms with Crippen LogP contribution in [0.1, 0.15) is 0 Å². The Labute approximate surface area is 96.2 Å². The zero-order valence-electron chi connectivity index (χ0n) is 8.42. The minimum absolute atomic E-state index is 0.261. The first-order valence-corrected chi connectivity index (χ1v) is 4.83. The second kappa shape index (κ2) is 4.02. The standard InChI is InChI=1S/C10H9ClFN3O/c1-16-8-3-5(12)2-6(9(8)11)7-4-14-15-10(7)13/h2-4H,1H3,(H3,13,14,15). The van der Waals surface area contributed by atoms with Crippen LogP contribution in [0.2, 0.25) is 5.02 Å². The van der Waals surface area contributed by atoms with Crippen molar-refractivity contribution >= 4 is 17.4 Å². The second-order valence-corrected chi connectivity index (χ2v) is 3.54. The molecule has 0 unspecified atom stereocenters. The van der Waals surface area contributed by atoms with Gasteiger partial charge in [0.1, 0.15) is 17.4 Å². The number of anilines is 1. The molecule has 0 amide bonds. The van der Waals surface area contributed by atoms with Gasteiger partial charge in [0.15, 0.2) is 0 Å². The topological polar surface area (TPSA) is 63.9 Å². The molecule has 0 fully saturated rings. The Morgan fingerprint density at radius 1 is 1.44 bits per heavy atom. The zero-order chi connectivity index (χ0) is 11.7. The van der Waals surface area contributed by atoms with Gasteiger partial charge < -0.3 is 10.5 Å². The number of halogens is 2. The van der Waals surface area contributed by atoms with Crippen molar-refractivity contribution in [2.75, 3.05) is 12.8 Å². The van der Waals surface area contributed by atoms with Gasteiger partial charge in [-0.2, -0.15) is 5.10 Å². The molecule has 0 aliphatic carbocycles. The molecule has 4 nitrogen and oxygen atoms in total. The fraction of sp³-hybridized carbons (Fsp3) is 0.100. The maximum atomic E-state index is 13.3. The van der Waals surface area contributed by atoms with E-state index in [4.69, 9.17) is 22.1 Å². The Bertz CT molecular complexity index is 527. The number of hydrogen-bond acceptors (Lipinski definition) is 3. The van der Waals surface area contributed by atoms with Gasteiger partial charge in [0.2, 0.25) is 0 Å². The van der Waals surface area contributed by atoms with E-state index in [0.29, 0.717) is 22.0 Å². The second-order valence-electron chi connectivity index (χ2n) is 3.17. The number of hydrogen-bond donors (Lipinski definition) is 2. The lowest BCUT2D eigenvalue weighted by molar-refractivity contribution is 0.412. The Morgan fingerprint density at radius 3 is 2.75 bits per heavy atom. The molecule has 1 heterocycles. The maximum Gasteiger partial charge on any atom is 0.141 e. The summed E-state index contributed by atoms with van der Waals surface area (Å²) in [5.74, 6) is 0.142. The van der Waals surface area contributed by atoms with E-state index in [1.807, 2.05) is 0 Å². The van der Waals surface area contributed by atoms with Crippen molar-refractivity contribution in [1.29, 1.82) is 0 Å². The molecule has 0 atom stereocenters. The molecule has 0 bridgehead atoms. The summed E-state index contributed by atoms with van der Waals surface area (Å²) in [6.45, 7) is 0. The first kappa shape index (κ1) is 10.8. The summed E-state index contributed by atoms with van der Waals surface area (Å²) in [7, 11) is 1.42. The fourth-order valence-electron chi connectivity index (χ4n) is 1.42. The van der Waals surface area contributed by atoms with E-state index in [1.54, 1.807) is 0 Å². The van der Waals surface area contributed by atoms with Gasteiger partial charge in [-0.15, -0.1) is 0 Å². The SMILES string of the molecule is COc1cc(F)cc(-c2cn[nH]c2N)c1Cl. The highest BCUT2D eigenvalue weighted by molar-refractivity contribution is 6.35. The fourth-order valence-corrected chi connectivity index (χ4v) is 1.71. The van der Waals surface area contributed by atoms with Gasteiger partial charge in [0.25, 0.3) is 0 Å². The van der Waals surface area contributed by atoms with Crippen molar-refractivity contribution < 1.29 is 9.13 Å². The third-order valence-electron chi connectivity index (χ3n) is 2.18. The van der Waals surface area contributed by atoms with Gasteiger partial charge in [0.05, 0.1) is 18.3 Å². The summed E-state index contributed by atoms with van der Waals surface area (Å²) in [4.78, 5) is 0. The first-order valence-electron chi connectivity index (χ1n) is 4.45. The number of aromatic amines is 1. The van der Waals surface area contributed by atoms with Gasteiger partial charge in [0, 0.05) is 17.2 Å². The molecule has 1 aromatic carbocycles. The molecule has 16 heavy (non-hydrogen) atoms. The van der Waals surface area contributed by atoms with Crippen molar-refractivity contribution in [3.63, 3.8) is 0 Å². The van der Waals surface area contributed by atoms with E-state index in [0.717, 1.165) is 0 Å². The highest BCUT2D eigenvalue weighted by atomic mass is 35.5. The molecule has 6 heteroatoms. The van der Waals surface area contributed by atoms with Crippen LogP contribution in [-0.4, -0.2) is 17.3 Å². The van der Waals surface area contributed by atoms with E-state index in [9.17, 15) is 4.39 Å². The van der Waals surface area contributed by atoms with Gasteiger partial charge in [-0.3, -0.25) is 5.10 Å². The van der Waals surface area contributed by atoms with Crippen molar-refractivity contribution in [3.8, 4) is 16.9 Å². The number of methoxy groups -OCH3 is 1. The first-order chi connectivity index (χ1) is 7.63. The van der Waals surface area contributed by atoms with Gasteiger partial charge >= 0.3 is 0 Å². The van der Waals surface area contributed by atoms with Crippen LogP contribution in [-0.2, 0) is 0 Å². The number of nitrogen functional groups attached to an aromatic ring is 1. The summed E-state index contributed by atoms with van der Waals surface area (Å²) in [6, 6.07) is 2.49. The molecule has 0 spiro atoms. The summed E-state index contributed by atoms with van der Waals surface area (Å²) in [5, 5.41) is 6.61. The van der Waals surface area contributed by atoms with E-state index in [1.165, 1.54) is 25.4 Å². The predicted octanol–water partition coefficient (Wildman–Crippen LogP) is 2.46. The van der Waals surface area contributed by atoms with Crippen molar-refractivity contribution in [2.45, 2.75) is 0 Å². The molecule has 3 N–H and O–H groups in total. The number of nitrogens with two attached hydrogens (primary N) is 1. The normalized spacial score (nSPS) is 10.4. The summed E-state index contributed by atoms with van der Waals surface area (Å²) in [5.41, 5.74) is 6.64. The quantitative estimate of drug-likeness (QED) is 0.849. The lowest BCUT2D eigenvalue weighted by Gasteiger charge is -2.08. The summed E-state index contributed by atoms with van der Waals surface area (Å²) in [6.07, 6.45) is 1.48. The minimum Gasteiger partial charge on any atom is -0.495 e. The van der Waals surface area contributed by atoms with E-state index in [2.05, 4.69) is 10.2 Å². The minimum atomic E-state index is -0.447. The summed E-state index contributed by atoms with van der Waals surface area (Å²) >= 11 is 6.06. The Kier molecular flexibility index (Phi) is 2.70. The monoisotopic (exact) mass is 241 g/mol. The van der Waals surface area contributed by atoms with Crippen LogP contribution >= 0.6 is 11.6 Å². The number of H-pyrrole nitrogens is 1. The Morgan fingerprint density at radius 2 is 2.19 bits per heavy atom. The third-order valence-corrected chi connectivity index (χ3v) is 2.57. The van der Waals surface area contributed by atoms with Crippen LogP contribution in [0.5, 0.6) is 5.75 Å². The molecule has 0 aliphatic heterocycles. The molecule has 0 saturated carbocycles. The Balaban J connectivity index is 2.65. The van der Waals surface area contributed by atoms with Crippen molar-refractivity contribution in [2.24, 2.45) is 0 Å². The van der Waals surface area contributed by atoms with Crippen molar-refractivity contribution in [3.05, 3.63) is 29.2 Å². The largest absolute Gasteiger partial charge is 0.495 e. The van der Waals surface area contributed by atoms with E-state index in [-0.39, 0.29) is 5.75 Å². The van der Waals surface area contributed by atoms with Crippen LogP contribution in [0.15, 0.2) is 18.3 Å². The average molecular weight is 242 g/mol. The highest BCUT2D eigenvalue weighted by Crippen LogP contribution is 2.37. The molecular formula is C10H9ClFN3O. The smallest absolute Gasteiger partial charge is 0.141 e. The number of ether oxygens (including phenoxy) is 1. The molecule has 0 aliphatic rings. The van der Waals surface area contributed by atoms with Crippen LogP contribution in [0.4, 0.5) is 10.2 Å². The van der Waals surface area contributed by atoms with E-state index >= 15 is 0 Å². The molecule has 1 aromatic heterocycles. The number of nitrogens with one attached hydrogen (secondary N) is 1. The van der Waals surface area contributed by atoms with Crippen LogP contribution < -0.4 is 10.5 Å². The molecular weight excluding hydrogens is 233 g/mol. The average Bonchev–Trinajstić information content (AvgIpc) is 2.67. The third kappa shape index (κ3) is 1.69. The summed E-state index contributed by atoms with van der Waals surface area (Å²) < 4.78 is 18.3. The maximum absolute atomic E-state index is 13.3. The molecule has 0 radical (unpaired) electrons. The van der Waals surface area contributed by atoms with Crippen LogP contribution in [0, 0.1) is 5.82 Å². The highest BCUT2D eigenvalue weighted by Gasteiger charge is 2.14. The van der Waals surface area contributed by atoms with Crippen LogP contribution in [0.25, 0.3) is 11.1 Å². The van der Waals surface area contributed by atoms with Gasteiger partial charge in [-0.1, -0.05) is 11.6 Å². The lowest BCUT2D eigenvalue weighted by atomic mass is 10.1. The van der Waals surface area contributed by atoms with Crippen LogP contribution in [0.3, 0.4) is 0 Å². The van der Waals surface area contributed by atoms with Crippen molar-refractivity contribution in [1.82, 2.24) is 10.2 Å². The van der Waals surface area contributed by atoms with E-state index < -0.39 is 5.82 Å². The molecule has 84 valence electrons. The molecule has 0 saturated heterocycles. The number of rotatable bonds is 2. The zero-order valence-corrected chi connectivity index (χ0v) is 9.18. The Hall–Kier alpha value is -1.75. The lowest BCUT2D eigenvalue weighted by Crippen LogP contribution is -1.92. The number of nitrogens with zero attached hydrogens (tertiary/aromatic N) is 1. The molecule has 2 aromatic rings. The number of aromatic nitrogens is 2. The van der Waals surface area contributed by atoms with Gasteiger partial charge in [-0.05, 0) is 6.07 Å². The predicted molar refractivity (Wildman–Crippen MR) is 60.0 cm³/mol. The molecule has 2 rings (SSSR count). The number of benzene rings is 1.